The Morgan fingerprint density at radius 2 is 1.86 bits per heavy atom. The molecule has 1 aromatic heterocycles. The molecule has 5 nitrogen and oxygen atoms in total. The molecule has 0 saturated carbocycles. The molecule has 2 aromatic rings. The standard InChI is InChI=1S/C16H16N2O3/c1-9-7-11(3)13(12(8-9)16(20)21)18-15(19)14-10(2)5-4-6-17-14/h4-8H,1-3H3,(H,18,19)(H,20,21). The Morgan fingerprint density at radius 1 is 1.14 bits per heavy atom. The van der Waals surface area contributed by atoms with E-state index in [1.165, 1.54) is 12.3 Å². The Balaban J connectivity index is 2.42. The van der Waals surface area contributed by atoms with E-state index in [4.69, 9.17) is 0 Å². The fourth-order valence-electron chi connectivity index (χ4n) is 2.20. The molecule has 0 fully saturated rings. The van der Waals surface area contributed by atoms with Crippen molar-refractivity contribution in [3.05, 3.63) is 58.4 Å². The van der Waals surface area contributed by atoms with Crippen LogP contribution < -0.4 is 5.32 Å². The van der Waals surface area contributed by atoms with Gasteiger partial charge in [-0.05, 0) is 49.6 Å². The number of carboxylic acid groups (broad SMARTS) is 1. The van der Waals surface area contributed by atoms with E-state index in [9.17, 15) is 14.7 Å². The fourth-order valence-corrected chi connectivity index (χ4v) is 2.20. The van der Waals surface area contributed by atoms with E-state index in [1.807, 2.05) is 13.0 Å². The molecule has 5 heteroatoms. The lowest BCUT2D eigenvalue weighted by Gasteiger charge is -2.13. The second-order valence-electron chi connectivity index (χ2n) is 4.93. The lowest BCUT2D eigenvalue weighted by molar-refractivity contribution is 0.0698. The minimum Gasteiger partial charge on any atom is -0.478 e. The predicted octanol–water partition coefficient (Wildman–Crippen LogP) is 2.96. The smallest absolute Gasteiger partial charge is 0.337 e. The molecule has 108 valence electrons. The first-order chi connectivity index (χ1) is 9.90. The summed E-state index contributed by atoms with van der Waals surface area (Å²) < 4.78 is 0. The Bertz CT molecular complexity index is 723. The lowest BCUT2D eigenvalue weighted by Crippen LogP contribution is -2.18. The van der Waals surface area contributed by atoms with Crippen LogP contribution in [0.25, 0.3) is 0 Å². The third-order valence-electron chi connectivity index (χ3n) is 3.17. The molecule has 0 unspecified atom stereocenters. The summed E-state index contributed by atoms with van der Waals surface area (Å²) in [7, 11) is 0. The van der Waals surface area contributed by atoms with Crippen LogP contribution in [0.4, 0.5) is 5.69 Å². The highest BCUT2D eigenvalue weighted by Crippen LogP contribution is 2.23. The molecule has 2 rings (SSSR count). The first kappa shape index (κ1) is 14.7. The van der Waals surface area contributed by atoms with Gasteiger partial charge in [0.25, 0.3) is 5.91 Å². The third-order valence-corrected chi connectivity index (χ3v) is 3.17. The average molecular weight is 284 g/mol. The van der Waals surface area contributed by atoms with Gasteiger partial charge in [0.1, 0.15) is 5.69 Å². The predicted molar refractivity (Wildman–Crippen MR) is 79.8 cm³/mol. The number of nitrogens with one attached hydrogen (secondary N) is 1. The van der Waals surface area contributed by atoms with Gasteiger partial charge in [-0.3, -0.25) is 9.78 Å². The van der Waals surface area contributed by atoms with Gasteiger partial charge in [0.05, 0.1) is 11.3 Å². The summed E-state index contributed by atoms with van der Waals surface area (Å²) in [5.41, 5.74) is 2.94. The van der Waals surface area contributed by atoms with Gasteiger partial charge < -0.3 is 10.4 Å². The highest BCUT2D eigenvalue weighted by molar-refractivity contribution is 6.08. The molecule has 0 bridgehead atoms. The van der Waals surface area contributed by atoms with Crippen LogP contribution in [0.5, 0.6) is 0 Å². The van der Waals surface area contributed by atoms with E-state index < -0.39 is 11.9 Å². The van der Waals surface area contributed by atoms with Gasteiger partial charge in [-0.2, -0.15) is 0 Å². The van der Waals surface area contributed by atoms with Crippen LogP contribution in [0, 0.1) is 20.8 Å². The number of rotatable bonds is 3. The Labute approximate surface area is 122 Å². The molecule has 0 radical (unpaired) electrons. The number of aromatic nitrogens is 1. The van der Waals surface area contributed by atoms with Crippen molar-refractivity contribution in [2.75, 3.05) is 5.32 Å². The number of hydrogen-bond donors (Lipinski definition) is 2. The molecule has 1 aromatic carbocycles. The summed E-state index contributed by atoms with van der Waals surface area (Å²) in [5.74, 6) is -1.49. The van der Waals surface area contributed by atoms with E-state index in [2.05, 4.69) is 10.3 Å². The molecule has 0 aliphatic rings. The monoisotopic (exact) mass is 284 g/mol. The number of pyridine rings is 1. The summed E-state index contributed by atoms with van der Waals surface area (Å²) in [6, 6.07) is 6.89. The summed E-state index contributed by atoms with van der Waals surface area (Å²) in [4.78, 5) is 27.7. The summed E-state index contributed by atoms with van der Waals surface area (Å²) in [6.45, 7) is 5.36. The van der Waals surface area contributed by atoms with E-state index >= 15 is 0 Å². The third kappa shape index (κ3) is 3.08. The summed E-state index contributed by atoms with van der Waals surface area (Å²) in [5, 5.41) is 11.9. The quantitative estimate of drug-likeness (QED) is 0.908. The largest absolute Gasteiger partial charge is 0.478 e. The molecule has 0 saturated heterocycles. The van der Waals surface area contributed by atoms with Crippen molar-refractivity contribution in [3.8, 4) is 0 Å². The van der Waals surface area contributed by atoms with Crippen molar-refractivity contribution in [3.63, 3.8) is 0 Å². The molecule has 21 heavy (non-hydrogen) atoms. The minimum atomic E-state index is -1.07. The topological polar surface area (TPSA) is 79.3 Å². The van der Waals surface area contributed by atoms with Crippen LogP contribution in [-0.2, 0) is 0 Å². The van der Waals surface area contributed by atoms with E-state index in [-0.39, 0.29) is 11.3 Å². The van der Waals surface area contributed by atoms with Gasteiger partial charge in [-0.1, -0.05) is 12.1 Å². The van der Waals surface area contributed by atoms with Gasteiger partial charge in [-0.15, -0.1) is 0 Å². The first-order valence-electron chi connectivity index (χ1n) is 6.47. The second kappa shape index (κ2) is 5.75. The van der Waals surface area contributed by atoms with Gasteiger partial charge in [0.15, 0.2) is 0 Å². The number of benzene rings is 1. The van der Waals surface area contributed by atoms with Crippen LogP contribution in [-0.4, -0.2) is 22.0 Å². The number of carbonyl (C=O) groups is 2. The maximum atomic E-state index is 12.3. The fraction of sp³-hybridized carbons (Fsp3) is 0.188. The second-order valence-corrected chi connectivity index (χ2v) is 4.93. The van der Waals surface area contributed by atoms with Gasteiger partial charge in [0.2, 0.25) is 0 Å². The van der Waals surface area contributed by atoms with Crippen molar-refractivity contribution >= 4 is 17.6 Å². The van der Waals surface area contributed by atoms with Crippen molar-refractivity contribution < 1.29 is 14.7 Å². The summed E-state index contributed by atoms with van der Waals surface area (Å²) >= 11 is 0. The molecule has 2 N–H and O–H groups in total. The highest BCUT2D eigenvalue weighted by Gasteiger charge is 2.18. The van der Waals surface area contributed by atoms with E-state index in [1.54, 1.807) is 26.0 Å². The zero-order valence-electron chi connectivity index (χ0n) is 12.1. The number of aromatic carboxylic acids is 1. The van der Waals surface area contributed by atoms with Gasteiger partial charge in [-0.25, -0.2) is 4.79 Å². The maximum Gasteiger partial charge on any atom is 0.337 e. The number of hydrogen-bond acceptors (Lipinski definition) is 3. The number of aryl methyl sites for hydroxylation is 3. The van der Waals surface area contributed by atoms with Crippen molar-refractivity contribution in [2.45, 2.75) is 20.8 Å². The summed E-state index contributed by atoms with van der Waals surface area (Å²) in [6.07, 6.45) is 1.53. The zero-order valence-corrected chi connectivity index (χ0v) is 12.1. The van der Waals surface area contributed by atoms with E-state index in [0.29, 0.717) is 11.3 Å². The zero-order chi connectivity index (χ0) is 15.6. The molecule has 0 spiro atoms. The van der Waals surface area contributed by atoms with Crippen LogP contribution in [0.3, 0.4) is 0 Å². The van der Waals surface area contributed by atoms with Crippen LogP contribution in [0.15, 0.2) is 30.5 Å². The van der Waals surface area contributed by atoms with Gasteiger partial charge in [0, 0.05) is 6.20 Å². The Hall–Kier alpha value is -2.69. The minimum absolute atomic E-state index is 0.0782. The Kier molecular flexibility index (Phi) is 4.03. The molecule has 1 amide bonds. The normalized spacial score (nSPS) is 10.2. The molecule has 0 atom stereocenters. The molecular formula is C16H16N2O3. The van der Waals surface area contributed by atoms with Crippen LogP contribution >= 0.6 is 0 Å². The average Bonchev–Trinajstić information content (AvgIpc) is 2.41. The molecular weight excluding hydrogens is 268 g/mol. The number of anilines is 1. The van der Waals surface area contributed by atoms with Crippen molar-refractivity contribution in [1.29, 1.82) is 0 Å². The lowest BCUT2D eigenvalue weighted by atomic mass is 10.0. The highest BCUT2D eigenvalue weighted by atomic mass is 16.4. The number of nitrogens with zero attached hydrogens (tertiary/aromatic N) is 1. The molecule has 0 aliphatic carbocycles. The maximum absolute atomic E-state index is 12.3. The molecule has 1 heterocycles. The van der Waals surface area contributed by atoms with Crippen molar-refractivity contribution in [2.24, 2.45) is 0 Å². The van der Waals surface area contributed by atoms with Crippen LogP contribution in [0.1, 0.15) is 37.5 Å². The number of carboxylic acids is 1. The van der Waals surface area contributed by atoms with Crippen LogP contribution in [0.2, 0.25) is 0 Å². The number of carbonyl (C=O) groups excluding carboxylic acids is 1. The SMILES string of the molecule is Cc1cc(C)c(NC(=O)c2ncccc2C)c(C(=O)O)c1. The first-order valence-corrected chi connectivity index (χ1v) is 6.47. The molecule has 0 aliphatic heterocycles. The van der Waals surface area contributed by atoms with E-state index in [0.717, 1.165) is 11.1 Å². The van der Waals surface area contributed by atoms with Gasteiger partial charge >= 0.3 is 5.97 Å². The van der Waals surface area contributed by atoms with Crippen molar-refractivity contribution in [1.82, 2.24) is 4.98 Å². The number of amides is 1. The Morgan fingerprint density at radius 3 is 2.48 bits per heavy atom.